The lowest BCUT2D eigenvalue weighted by Crippen LogP contribution is -2.18. The first-order valence-electron chi connectivity index (χ1n) is 7.33. The molecule has 0 saturated carbocycles. The molecule has 0 radical (unpaired) electrons. The van der Waals surface area contributed by atoms with Crippen LogP contribution in [0.3, 0.4) is 0 Å². The molecule has 3 rings (SSSR count). The third-order valence-electron chi connectivity index (χ3n) is 3.75. The fourth-order valence-corrected chi connectivity index (χ4v) is 2.64. The Hall–Kier alpha value is -3.07. The molecule has 0 aliphatic heterocycles. The van der Waals surface area contributed by atoms with Gasteiger partial charge in [-0.1, -0.05) is 42.5 Å². The van der Waals surface area contributed by atoms with Crippen LogP contribution in [0.1, 0.15) is 23.9 Å². The van der Waals surface area contributed by atoms with E-state index in [1.165, 1.54) is 6.07 Å². The standard InChI is InChI=1S/C18H13F2N3O/c19-18(20)23-15-9-5-4-8-14(15)22-17(23)13(11-21)16(24)10-12-6-2-1-3-7-12/h1-9,13,18H,10H2/t13-/m1/s1. The van der Waals surface area contributed by atoms with Gasteiger partial charge < -0.3 is 0 Å². The van der Waals surface area contributed by atoms with Crippen molar-refractivity contribution in [1.82, 2.24) is 9.55 Å². The van der Waals surface area contributed by atoms with Crippen LogP contribution in [0.15, 0.2) is 54.6 Å². The van der Waals surface area contributed by atoms with Crippen molar-refractivity contribution in [2.24, 2.45) is 0 Å². The minimum atomic E-state index is -2.88. The van der Waals surface area contributed by atoms with Crippen LogP contribution < -0.4 is 0 Å². The van der Waals surface area contributed by atoms with Gasteiger partial charge in [0.15, 0.2) is 11.7 Å². The number of benzene rings is 2. The third-order valence-corrected chi connectivity index (χ3v) is 3.75. The molecule has 0 spiro atoms. The van der Waals surface area contributed by atoms with Gasteiger partial charge in [-0.05, 0) is 17.7 Å². The fraction of sp³-hybridized carbons (Fsp3) is 0.167. The van der Waals surface area contributed by atoms with Crippen LogP contribution in [0.5, 0.6) is 0 Å². The van der Waals surface area contributed by atoms with E-state index in [1.54, 1.807) is 42.5 Å². The summed E-state index contributed by atoms with van der Waals surface area (Å²) in [5.74, 6) is -2.01. The maximum atomic E-state index is 13.5. The van der Waals surface area contributed by atoms with Crippen LogP contribution in [0.25, 0.3) is 11.0 Å². The van der Waals surface area contributed by atoms with Gasteiger partial charge in [0, 0.05) is 6.42 Å². The van der Waals surface area contributed by atoms with Gasteiger partial charge in [0.1, 0.15) is 5.82 Å². The summed E-state index contributed by atoms with van der Waals surface area (Å²) in [6.07, 6.45) is -0.00842. The lowest BCUT2D eigenvalue weighted by Gasteiger charge is -2.11. The Kier molecular flexibility index (Phi) is 4.34. The summed E-state index contributed by atoms with van der Waals surface area (Å²) in [6, 6.07) is 17.0. The van der Waals surface area contributed by atoms with E-state index in [2.05, 4.69) is 4.98 Å². The van der Waals surface area contributed by atoms with Crippen LogP contribution >= 0.6 is 0 Å². The number of hydrogen-bond acceptors (Lipinski definition) is 3. The maximum Gasteiger partial charge on any atom is 0.320 e. The van der Waals surface area contributed by atoms with Gasteiger partial charge in [-0.2, -0.15) is 14.0 Å². The summed E-state index contributed by atoms with van der Waals surface area (Å²) >= 11 is 0. The van der Waals surface area contributed by atoms with Gasteiger partial charge in [-0.15, -0.1) is 0 Å². The van der Waals surface area contributed by atoms with Crippen molar-refractivity contribution in [3.8, 4) is 6.07 Å². The second-order valence-corrected chi connectivity index (χ2v) is 5.30. The zero-order chi connectivity index (χ0) is 17.1. The van der Waals surface area contributed by atoms with Crippen molar-refractivity contribution in [1.29, 1.82) is 5.26 Å². The molecule has 1 heterocycles. The summed E-state index contributed by atoms with van der Waals surface area (Å²) in [6.45, 7) is -2.88. The third kappa shape index (κ3) is 2.88. The van der Waals surface area contributed by atoms with Crippen molar-refractivity contribution in [2.75, 3.05) is 0 Å². The van der Waals surface area contributed by atoms with Crippen LogP contribution in [0.4, 0.5) is 8.78 Å². The van der Waals surface area contributed by atoms with Crippen LogP contribution in [-0.2, 0) is 11.2 Å². The fourth-order valence-electron chi connectivity index (χ4n) is 2.64. The van der Waals surface area contributed by atoms with Gasteiger partial charge in [-0.3, -0.25) is 9.36 Å². The predicted molar refractivity (Wildman–Crippen MR) is 84.5 cm³/mol. The van der Waals surface area contributed by atoms with Gasteiger partial charge >= 0.3 is 6.55 Å². The number of rotatable bonds is 5. The first kappa shape index (κ1) is 15.8. The highest BCUT2D eigenvalue weighted by Gasteiger charge is 2.29. The van der Waals surface area contributed by atoms with Crippen molar-refractivity contribution in [2.45, 2.75) is 18.9 Å². The molecular weight excluding hydrogens is 312 g/mol. The molecule has 0 fully saturated rings. The Morgan fingerprint density at radius 1 is 1.12 bits per heavy atom. The minimum absolute atomic E-state index is 0.00842. The number of imidazole rings is 1. The molecule has 3 aromatic rings. The highest BCUT2D eigenvalue weighted by atomic mass is 19.3. The molecule has 120 valence electrons. The van der Waals surface area contributed by atoms with E-state index in [0.717, 1.165) is 5.56 Å². The van der Waals surface area contributed by atoms with Gasteiger partial charge in [0.2, 0.25) is 0 Å². The number of carbonyl (C=O) groups is 1. The number of Topliss-reactive ketones (excluding diaryl/α,β-unsaturated/α-hetero) is 1. The predicted octanol–water partition coefficient (Wildman–Crippen LogP) is 3.85. The first-order valence-corrected chi connectivity index (χ1v) is 7.33. The maximum absolute atomic E-state index is 13.5. The molecule has 1 atom stereocenters. The molecule has 0 amide bonds. The zero-order valence-electron chi connectivity index (χ0n) is 12.6. The van der Waals surface area contributed by atoms with E-state index < -0.39 is 18.3 Å². The van der Waals surface area contributed by atoms with Crippen LogP contribution in [-0.4, -0.2) is 15.3 Å². The number of alkyl halides is 2. The monoisotopic (exact) mass is 325 g/mol. The number of carbonyl (C=O) groups excluding carboxylic acids is 1. The van der Waals surface area contributed by atoms with Crippen molar-refractivity contribution in [3.63, 3.8) is 0 Å². The average molecular weight is 325 g/mol. The number of nitriles is 1. The Bertz CT molecular complexity index is 913. The van der Waals surface area contributed by atoms with E-state index in [-0.39, 0.29) is 17.8 Å². The van der Waals surface area contributed by atoms with Crippen LogP contribution in [0, 0.1) is 11.3 Å². The Labute approximate surface area is 137 Å². The van der Waals surface area contributed by atoms with Crippen molar-refractivity contribution in [3.05, 3.63) is 66.0 Å². The molecule has 2 aromatic carbocycles. The summed E-state index contributed by atoms with van der Waals surface area (Å²) in [7, 11) is 0. The second-order valence-electron chi connectivity index (χ2n) is 5.30. The topological polar surface area (TPSA) is 58.7 Å². The Morgan fingerprint density at radius 2 is 1.79 bits per heavy atom. The highest BCUT2D eigenvalue weighted by molar-refractivity contribution is 5.90. The van der Waals surface area contributed by atoms with E-state index in [0.29, 0.717) is 10.1 Å². The molecule has 6 heteroatoms. The molecule has 0 unspecified atom stereocenters. The molecule has 0 aliphatic rings. The molecule has 0 bridgehead atoms. The molecule has 0 N–H and O–H groups in total. The minimum Gasteiger partial charge on any atom is -0.297 e. The highest BCUT2D eigenvalue weighted by Crippen LogP contribution is 2.28. The lowest BCUT2D eigenvalue weighted by atomic mass is 9.98. The van der Waals surface area contributed by atoms with Gasteiger partial charge in [-0.25, -0.2) is 4.98 Å². The average Bonchev–Trinajstić information content (AvgIpc) is 2.95. The van der Waals surface area contributed by atoms with E-state index in [4.69, 9.17) is 0 Å². The lowest BCUT2D eigenvalue weighted by molar-refractivity contribution is -0.119. The van der Waals surface area contributed by atoms with Gasteiger partial charge in [0.25, 0.3) is 0 Å². The number of aromatic nitrogens is 2. The smallest absolute Gasteiger partial charge is 0.297 e. The normalized spacial score (nSPS) is 12.2. The number of ketones is 1. The molecule has 1 aromatic heterocycles. The number of nitrogens with zero attached hydrogens (tertiary/aromatic N) is 3. The van der Waals surface area contributed by atoms with Crippen molar-refractivity contribution >= 4 is 16.8 Å². The number of halogens is 2. The van der Waals surface area contributed by atoms with Crippen LogP contribution in [0.2, 0.25) is 0 Å². The summed E-state index contributed by atoms with van der Waals surface area (Å²) in [5, 5.41) is 9.39. The van der Waals surface area contributed by atoms with E-state index in [9.17, 15) is 18.8 Å². The molecule has 0 saturated heterocycles. The molecule has 0 aliphatic carbocycles. The zero-order valence-corrected chi connectivity index (χ0v) is 12.6. The van der Waals surface area contributed by atoms with E-state index >= 15 is 0 Å². The Balaban J connectivity index is 2.02. The number of hydrogen-bond donors (Lipinski definition) is 0. The Morgan fingerprint density at radius 3 is 2.46 bits per heavy atom. The van der Waals surface area contributed by atoms with Gasteiger partial charge in [0.05, 0.1) is 17.1 Å². The number of para-hydroxylation sites is 2. The number of fused-ring (bicyclic) bond motifs is 1. The molecular formula is C18H13F2N3O. The second kappa shape index (κ2) is 6.59. The van der Waals surface area contributed by atoms with E-state index in [1.807, 2.05) is 12.1 Å². The summed E-state index contributed by atoms with van der Waals surface area (Å²) < 4.78 is 27.6. The summed E-state index contributed by atoms with van der Waals surface area (Å²) in [4.78, 5) is 16.6. The largest absolute Gasteiger partial charge is 0.320 e. The van der Waals surface area contributed by atoms with Crippen molar-refractivity contribution < 1.29 is 13.6 Å². The quantitative estimate of drug-likeness (QED) is 0.716. The SMILES string of the molecule is N#C[C@H](C(=O)Cc1ccccc1)c1nc2ccccc2n1C(F)F. The molecule has 24 heavy (non-hydrogen) atoms. The molecule has 4 nitrogen and oxygen atoms in total. The first-order chi connectivity index (χ1) is 11.6. The summed E-state index contributed by atoms with van der Waals surface area (Å²) in [5.41, 5.74) is 1.26.